The van der Waals surface area contributed by atoms with Crippen LogP contribution in [0, 0.1) is 6.92 Å². The Bertz CT molecular complexity index is 1230. The molecule has 5 rings (SSSR count). The summed E-state index contributed by atoms with van der Waals surface area (Å²) in [4.78, 5) is 14.9. The van der Waals surface area contributed by atoms with Crippen LogP contribution in [-0.2, 0) is 7.05 Å². The Kier molecular flexibility index (Phi) is 2.92. The third kappa shape index (κ3) is 2.13. The highest BCUT2D eigenvalue weighted by Gasteiger charge is 2.20. The van der Waals surface area contributed by atoms with Gasteiger partial charge < -0.3 is 0 Å². The molecule has 0 atom stereocenters. The molecule has 25 heavy (non-hydrogen) atoms. The number of hydrogen-bond acceptors (Lipinski definition) is 7. The zero-order valence-corrected chi connectivity index (χ0v) is 14.3. The van der Waals surface area contributed by atoms with E-state index >= 15 is 0 Å². The van der Waals surface area contributed by atoms with Gasteiger partial charge in [-0.25, -0.2) is 19.2 Å². The minimum Gasteiger partial charge on any atom is -0.251 e. The van der Waals surface area contributed by atoms with Gasteiger partial charge in [0.2, 0.25) is 4.96 Å². The van der Waals surface area contributed by atoms with Gasteiger partial charge in [0.15, 0.2) is 5.65 Å². The Labute approximate surface area is 145 Å². The molecule has 5 heterocycles. The molecule has 0 saturated heterocycles. The van der Waals surface area contributed by atoms with Gasteiger partial charge in [0.1, 0.15) is 22.4 Å². The van der Waals surface area contributed by atoms with E-state index in [1.807, 2.05) is 48.8 Å². The first-order valence-electron chi connectivity index (χ1n) is 7.64. The number of aromatic nitrogens is 8. The van der Waals surface area contributed by atoms with Crippen molar-refractivity contribution in [1.82, 2.24) is 39.6 Å². The number of imidazole rings is 1. The van der Waals surface area contributed by atoms with Crippen LogP contribution in [0.4, 0.5) is 0 Å². The van der Waals surface area contributed by atoms with Gasteiger partial charge in [0.25, 0.3) is 0 Å². The molecule has 5 aromatic heterocycles. The lowest BCUT2D eigenvalue weighted by Crippen LogP contribution is -1.97. The largest absolute Gasteiger partial charge is 0.251 e. The summed E-state index contributed by atoms with van der Waals surface area (Å²) in [6, 6.07) is 9.71. The first-order chi connectivity index (χ1) is 12.2. The molecule has 9 heteroatoms. The van der Waals surface area contributed by atoms with Gasteiger partial charge in [-0.2, -0.15) is 5.10 Å². The van der Waals surface area contributed by atoms with Crippen molar-refractivity contribution in [2.75, 3.05) is 0 Å². The van der Waals surface area contributed by atoms with E-state index in [4.69, 9.17) is 9.97 Å². The fourth-order valence-electron chi connectivity index (χ4n) is 2.82. The molecule has 0 aliphatic rings. The molecule has 0 radical (unpaired) electrons. The van der Waals surface area contributed by atoms with Crippen molar-refractivity contribution in [3.05, 3.63) is 41.5 Å². The molecule has 0 unspecified atom stereocenters. The Morgan fingerprint density at radius 3 is 2.80 bits per heavy atom. The lowest BCUT2D eigenvalue weighted by Gasteiger charge is -2.04. The van der Waals surface area contributed by atoms with E-state index in [0.717, 1.165) is 38.9 Å². The molecule has 0 spiro atoms. The van der Waals surface area contributed by atoms with Crippen LogP contribution in [0.15, 0.2) is 35.8 Å². The zero-order chi connectivity index (χ0) is 17.0. The third-order valence-corrected chi connectivity index (χ3v) is 4.64. The number of hydrogen-bond donors (Lipinski definition) is 0. The third-order valence-electron chi connectivity index (χ3n) is 3.97. The number of rotatable bonds is 2. The van der Waals surface area contributed by atoms with E-state index in [2.05, 4.69) is 20.4 Å². The summed E-state index contributed by atoms with van der Waals surface area (Å²) in [6.07, 6.45) is 0. The van der Waals surface area contributed by atoms with E-state index in [-0.39, 0.29) is 0 Å². The molecule has 5 aromatic rings. The topological polar surface area (TPSA) is 86.7 Å². The molecule has 0 aromatic carbocycles. The van der Waals surface area contributed by atoms with Gasteiger partial charge in [0.05, 0.1) is 11.4 Å². The van der Waals surface area contributed by atoms with Crippen LogP contribution in [0.2, 0.25) is 0 Å². The van der Waals surface area contributed by atoms with E-state index in [1.165, 1.54) is 11.3 Å². The Hall–Kier alpha value is -3.20. The summed E-state index contributed by atoms with van der Waals surface area (Å²) in [5.41, 5.74) is 7.32. The molecular formula is C16H12N8S. The standard InChI is InChI=1S/C16H12N8S/c1-9-4-3-5-10(18-9)13-14(24-16(20-13)25-8-17-24)11-6-7-12-15(19-11)23(2)22-21-12/h3-8H,1-2H3. The van der Waals surface area contributed by atoms with Gasteiger partial charge >= 0.3 is 0 Å². The lowest BCUT2D eigenvalue weighted by molar-refractivity contribution is 0.730. The maximum atomic E-state index is 4.73. The van der Waals surface area contributed by atoms with Crippen molar-refractivity contribution in [1.29, 1.82) is 0 Å². The van der Waals surface area contributed by atoms with Crippen LogP contribution in [0.25, 0.3) is 38.9 Å². The van der Waals surface area contributed by atoms with Gasteiger partial charge in [-0.1, -0.05) is 22.6 Å². The van der Waals surface area contributed by atoms with Crippen LogP contribution >= 0.6 is 11.3 Å². The Balaban J connectivity index is 1.82. The molecular weight excluding hydrogens is 336 g/mol. The fraction of sp³-hybridized carbons (Fsp3) is 0.125. The smallest absolute Gasteiger partial charge is 0.213 e. The predicted octanol–water partition coefficient (Wildman–Crippen LogP) is 2.50. The van der Waals surface area contributed by atoms with Crippen LogP contribution in [0.5, 0.6) is 0 Å². The Morgan fingerprint density at radius 1 is 1.00 bits per heavy atom. The second-order valence-corrected chi connectivity index (χ2v) is 6.47. The number of fused-ring (bicyclic) bond motifs is 2. The van der Waals surface area contributed by atoms with E-state index in [1.54, 1.807) is 10.2 Å². The van der Waals surface area contributed by atoms with E-state index in [9.17, 15) is 0 Å². The molecule has 0 aliphatic heterocycles. The van der Waals surface area contributed by atoms with Gasteiger partial charge in [-0.05, 0) is 31.2 Å². The minimum absolute atomic E-state index is 0.714. The van der Waals surface area contributed by atoms with Gasteiger partial charge in [-0.3, -0.25) is 4.98 Å². The number of aryl methyl sites for hydroxylation is 2. The lowest BCUT2D eigenvalue weighted by atomic mass is 10.1. The van der Waals surface area contributed by atoms with Gasteiger partial charge in [-0.15, -0.1) is 5.10 Å². The zero-order valence-electron chi connectivity index (χ0n) is 13.5. The Morgan fingerprint density at radius 2 is 1.92 bits per heavy atom. The maximum absolute atomic E-state index is 4.73. The predicted molar refractivity (Wildman–Crippen MR) is 94.1 cm³/mol. The minimum atomic E-state index is 0.714. The fourth-order valence-corrected chi connectivity index (χ4v) is 3.44. The second-order valence-electron chi connectivity index (χ2n) is 5.66. The number of pyridine rings is 2. The molecule has 0 amide bonds. The number of nitrogens with zero attached hydrogens (tertiary/aromatic N) is 8. The summed E-state index contributed by atoms with van der Waals surface area (Å²) >= 11 is 1.48. The van der Waals surface area contributed by atoms with Crippen molar-refractivity contribution in [3.63, 3.8) is 0 Å². The SMILES string of the molecule is Cc1cccc(-c2nc3scnn3c2-c2ccc3nnn(C)c3n2)n1. The maximum Gasteiger partial charge on any atom is 0.213 e. The summed E-state index contributed by atoms with van der Waals surface area (Å²) < 4.78 is 3.46. The summed E-state index contributed by atoms with van der Waals surface area (Å²) in [5, 5.41) is 12.5. The molecule has 0 fully saturated rings. The van der Waals surface area contributed by atoms with Gasteiger partial charge in [0, 0.05) is 12.7 Å². The van der Waals surface area contributed by atoms with E-state index < -0.39 is 0 Å². The van der Waals surface area contributed by atoms with Crippen LogP contribution in [0.1, 0.15) is 5.69 Å². The monoisotopic (exact) mass is 348 g/mol. The first kappa shape index (κ1) is 14.2. The average Bonchev–Trinajstić information content (AvgIpc) is 3.29. The molecule has 0 saturated carbocycles. The molecule has 0 N–H and O–H groups in total. The van der Waals surface area contributed by atoms with Crippen molar-refractivity contribution >= 4 is 27.5 Å². The van der Waals surface area contributed by atoms with Crippen molar-refractivity contribution in [2.24, 2.45) is 7.05 Å². The summed E-state index contributed by atoms with van der Waals surface area (Å²) in [7, 11) is 1.82. The van der Waals surface area contributed by atoms with Crippen LogP contribution in [-0.4, -0.2) is 39.6 Å². The van der Waals surface area contributed by atoms with Crippen molar-refractivity contribution < 1.29 is 0 Å². The van der Waals surface area contributed by atoms with Crippen LogP contribution < -0.4 is 0 Å². The van der Waals surface area contributed by atoms with Crippen molar-refractivity contribution in [3.8, 4) is 22.8 Å². The highest BCUT2D eigenvalue weighted by Crippen LogP contribution is 2.32. The van der Waals surface area contributed by atoms with Crippen LogP contribution in [0.3, 0.4) is 0 Å². The average molecular weight is 348 g/mol. The summed E-state index contributed by atoms with van der Waals surface area (Å²) in [5.74, 6) is 0. The second kappa shape index (κ2) is 5.15. The molecule has 122 valence electrons. The molecule has 0 aliphatic carbocycles. The highest BCUT2D eigenvalue weighted by atomic mass is 32.1. The van der Waals surface area contributed by atoms with E-state index in [0.29, 0.717) is 5.65 Å². The summed E-state index contributed by atoms with van der Waals surface area (Å²) in [6.45, 7) is 1.96. The van der Waals surface area contributed by atoms with Crippen molar-refractivity contribution in [2.45, 2.75) is 6.92 Å². The first-order valence-corrected chi connectivity index (χ1v) is 8.52. The molecule has 0 bridgehead atoms. The highest BCUT2D eigenvalue weighted by molar-refractivity contribution is 7.14. The quantitative estimate of drug-likeness (QED) is 0.487. The normalized spacial score (nSPS) is 11.6. The molecule has 8 nitrogen and oxygen atoms in total.